The molecule has 154 valence electrons. The minimum Gasteiger partial charge on any atom is -0.497 e. The van der Waals surface area contributed by atoms with Crippen molar-refractivity contribution in [2.45, 2.75) is 0 Å². The van der Waals surface area contributed by atoms with Crippen LogP contribution in [0.1, 0.15) is 5.56 Å². The van der Waals surface area contributed by atoms with E-state index in [4.69, 9.17) is 9.47 Å². The molecular formula is C24H20N4O3. The molecule has 0 unspecified atom stereocenters. The summed E-state index contributed by atoms with van der Waals surface area (Å²) in [5.41, 5.74) is 3.19. The van der Waals surface area contributed by atoms with Gasteiger partial charge in [0.1, 0.15) is 17.8 Å². The van der Waals surface area contributed by atoms with Crippen LogP contribution in [0.2, 0.25) is 0 Å². The Morgan fingerprint density at radius 1 is 1.03 bits per heavy atom. The topological polar surface area (TPSA) is 86.2 Å². The Bertz CT molecular complexity index is 1260. The summed E-state index contributed by atoms with van der Waals surface area (Å²) in [6, 6.07) is 14.8. The van der Waals surface area contributed by atoms with Crippen LogP contribution in [-0.4, -0.2) is 35.4 Å². The van der Waals surface area contributed by atoms with Gasteiger partial charge in [0.25, 0.3) is 0 Å². The van der Waals surface area contributed by atoms with Gasteiger partial charge in [0.05, 0.1) is 18.0 Å². The number of methoxy groups -OCH3 is 1. The summed E-state index contributed by atoms with van der Waals surface area (Å²) >= 11 is 0. The fourth-order valence-corrected chi connectivity index (χ4v) is 3.13. The Balaban J connectivity index is 1.83. The summed E-state index contributed by atoms with van der Waals surface area (Å²) in [5.74, 6) is 2.15. The predicted octanol–water partition coefficient (Wildman–Crippen LogP) is 4.75. The van der Waals surface area contributed by atoms with Crippen molar-refractivity contribution in [3.8, 4) is 28.8 Å². The highest BCUT2D eigenvalue weighted by molar-refractivity contribution is 5.87. The summed E-state index contributed by atoms with van der Waals surface area (Å²) in [4.78, 5) is 24.2. The molecule has 0 spiro atoms. The van der Waals surface area contributed by atoms with Crippen molar-refractivity contribution >= 4 is 29.0 Å². The van der Waals surface area contributed by atoms with Crippen LogP contribution in [-0.2, 0) is 4.79 Å². The number of fused-ring (bicyclic) bond motifs is 1. The average molecular weight is 412 g/mol. The standard InChI is InChI=1S/C24H20N4O3/c1-25-21-9-8-19(13-16(21)6-4-12-29)31-24-20-14-18(30-2)7-10-22(20)27-23(28-24)17-5-3-11-26-15-17/h3-15,25H,1-2H3/b6-4-. The first kappa shape index (κ1) is 20.0. The Kier molecular flexibility index (Phi) is 5.84. The van der Waals surface area contributed by atoms with Crippen molar-refractivity contribution in [3.05, 3.63) is 72.6 Å². The molecular weight excluding hydrogens is 392 g/mol. The summed E-state index contributed by atoms with van der Waals surface area (Å²) in [6.07, 6.45) is 7.29. The number of hydrogen-bond donors (Lipinski definition) is 1. The molecule has 2 aromatic carbocycles. The third-order valence-corrected chi connectivity index (χ3v) is 4.65. The quantitative estimate of drug-likeness (QED) is 0.346. The molecule has 0 saturated heterocycles. The van der Waals surface area contributed by atoms with Crippen molar-refractivity contribution in [2.75, 3.05) is 19.5 Å². The van der Waals surface area contributed by atoms with Crippen LogP contribution in [0, 0.1) is 0 Å². The van der Waals surface area contributed by atoms with E-state index < -0.39 is 0 Å². The fourth-order valence-electron chi connectivity index (χ4n) is 3.13. The third-order valence-electron chi connectivity index (χ3n) is 4.65. The predicted molar refractivity (Wildman–Crippen MR) is 120 cm³/mol. The summed E-state index contributed by atoms with van der Waals surface area (Å²) in [5, 5.41) is 3.82. The number of ether oxygens (including phenoxy) is 2. The molecule has 0 fully saturated rings. The highest BCUT2D eigenvalue weighted by Gasteiger charge is 2.13. The lowest BCUT2D eigenvalue weighted by Gasteiger charge is -2.13. The number of nitrogens with one attached hydrogen (secondary N) is 1. The van der Waals surface area contributed by atoms with E-state index in [-0.39, 0.29) is 0 Å². The first-order chi connectivity index (χ1) is 15.2. The molecule has 31 heavy (non-hydrogen) atoms. The highest BCUT2D eigenvalue weighted by atomic mass is 16.5. The van der Waals surface area contributed by atoms with Crippen LogP contribution in [0.3, 0.4) is 0 Å². The van der Waals surface area contributed by atoms with E-state index in [1.807, 2.05) is 55.6 Å². The number of hydrogen-bond acceptors (Lipinski definition) is 7. The number of benzene rings is 2. The minimum atomic E-state index is 0.394. The minimum absolute atomic E-state index is 0.394. The lowest BCUT2D eigenvalue weighted by Crippen LogP contribution is -1.98. The molecule has 1 N–H and O–H groups in total. The number of rotatable bonds is 7. The molecule has 0 aliphatic rings. The second-order valence-corrected chi connectivity index (χ2v) is 6.57. The lowest BCUT2D eigenvalue weighted by atomic mass is 10.1. The zero-order chi connectivity index (χ0) is 21.6. The third kappa shape index (κ3) is 4.35. The van der Waals surface area contributed by atoms with Crippen LogP contribution in [0.15, 0.2) is 67.0 Å². The van der Waals surface area contributed by atoms with Crippen molar-refractivity contribution in [2.24, 2.45) is 0 Å². The van der Waals surface area contributed by atoms with Crippen molar-refractivity contribution in [3.63, 3.8) is 0 Å². The van der Waals surface area contributed by atoms with Gasteiger partial charge in [-0.15, -0.1) is 0 Å². The molecule has 4 rings (SSSR count). The van der Waals surface area contributed by atoms with Crippen LogP contribution < -0.4 is 14.8 Å². The maximum atomic E-state index is 10.8. The Hall–Kier alpha value is -4.26. The molecule has 0 saturated carbocycles. The molecule has 0 atom stereocenters. The van der Waals surface area contributed by atoms with Crippen molar-refractivity contribution in [1.82, 2.24) is 15.0 Å². The van der Waals surface area contributed by atoms with Crippen LogP contribution >= 0.6 is 0 Å². The number of aldehydes is 1. The smallest absolute Gasteiger partial charge is 0.230 e. The van der Waals surface area contributed by atoms with Gasteiger partial charge in [0.2, 0.25) is 5.88 Å². The average Bonchev–Trinajstić information content (AvgIpc) is 2.83. The SMILES string of the molecule is CNc1ccc(Oc2nc(-c3cccnc3)nc3ccc(OC)cc23)cc1/C=C\C=O. The fraction of sp³-hybridized carbons (Fsp3) is 0.0833. The molecule has 2 heterocycles. The molecule has 0 bridgehead atoms. The van der Waals surface area contributed by atoms with E-state index in [0.717, 1.165) is 34.0 Å². The molecule has 0 radical (unpaired) electrons. The largest absolute Gasteiger partial charge is 0.497 e. The van der Waals surface area contributed by atoms with Gasteiger partial charge in [-0.05, 0) is 60.7 Å². The van der Waals surface area contributed by atoms with Gasteiger partial charge >= 0.3 is 0 Å². The number of carbonyl (C=O) groups is 1. The van der Waals surface area contributed by atoms with E-state index in [1.165, 1.54) is 6.08 Å². The first-order valence-electron chi connectivity index (χ1n) is 9.59. The van der Waals surface area contributed by atoms with Gasteiger partial charge in [-0.25, -0.2) is 4.98 Å². The number of allylic oxidation sites excluding steroid dienone is 1. The second-order valence-electron chi connectivity index (χ2n) is 6.57. The molecule has 7 heteroatoms. The van der Waals surface area contributed by atoms with Gasteiger partial charge < -0.3 is 14.8 Å². The second kappa shape index (κ2) is 9.04. The molecule has 2 aromatic heterocycles. The van der Waals surface area contributed by atoms with E-state index in [2.05, 4.69) is 20.3 Å². The van der Waals surface area contributed by atoms with E-state index >= 15 is 0 Å². The van der Waals surface area contributed by atoms with E-state index in [1.54, 1.807) is 25.6 Å². The number of pyridine rings is 1. The van der Waals surface area contributed by atoms with Gasteiger partial charge in [-0.3, -0.25) is 9.78 Å². The Labute approximate surface area is 179 Å². The first-order valence-corrected chi connectivity index (χ1v) is 9.59. The summed E-state index contributed by atoms with van der Waals surface area (Å²) < 4.78 is 11.6. The lowest BCUT2D eigenvalue weighted by molar-refractivity contribution is -0.104. The van der Waals surface area contributed by atoms with Gasteiger partial charge in [-0.2, -0.15) is 4.98 Å². The monoisotopic (exact) mass is 412 g/mol. The molecule has 0 amide bonds. The Morgan fingerprint density at radius 3 is 2.65 bits per heavy atom. The van der Waals surface area contributed by atoms with Gasteiger partial charge in [0, 0.05) is 36.3 Å². The summed E-state index contributed by atoms with van der Waals surface area (Å²) in [7, 11) is 3.42. The van der Waals surface area contributed by atoms with Crippen LogP contribution in [0.4, 0.5) is 5.69 Å². The number of anilines is 1. The maximum absolute atomic E-state index is 10.8. The van der Waals surface area contributed by atoms with Gasteiger partial charge in [-0.1, -0.05) is 0 Å². The van der Waals surface area contributed by atoms with Crippen molar-refractivity contribution < 1.29 is 14.3 Å². The van der Waals surface area contributed by atoms with Crippen LogP contribution in [0.25, 0.3) is 28.4 Å². The molecule has 0 aliphatic heterocycles. The van der Waals surface area contributed by atoms with Crippen LogP contribution in [0.5, 0.6) is 17.4 Å². The Morgan fingerprint density at radius 2 is 1.90 bits per heavy atom. The van der Waals surface area contributed by atoms with E-state index in [9.17, 15) is 4.79 Å². The van der Waals surface area contributed by atoms with Gasteiger partial charge in [0.15, 0.2) is 5.82 Å². The molecule has 0 aliphatic carbocycles. The number of carbonyl (C=O) groups excluding carboxylic acids is 1. The van der Waals surface area contributed by atoms with Crippen molar-refractivity contribution in [1.29, 1.82) is 0 Å². The molecule has 4 aromatic rings. The maximum Gasteiger partial charge on any atom is 0.230 e. The normalized spacial score (nSPS) is 10.9. The number of nitrogens with zero attached hydrogens (tertiary/aromatic N) is 3. The molecule has 7 nitrogen and oxygen atoms in total. The highest BCUT2D eigenvalue weighted by Crippen LogP contribution is 2.33. The summed E-state index contributed by atoms with van der Waals surface area (Å²) in [6.45, 7) is 0. The zero-order valence-electron chi connectivity index (χ0n) is 17.1. The number of aromatic nitrogens is 3. The van der Waals surface area contributed by atoms with E-state index in [0.29, 0.717) is 23.2 Å². The zero-order valence-corrected chi connectivity index (χ0v) is 17.1.